The third-order valence-corrected chi connectivity index (χ3v) is 2.87. The maximum Gasteiger partial charge on any atom is 0.187 e. The number of nitrogens with zero attached hydrogens (tertiary/aromatic N) is 3. The number of aromatic nitrogens is 2. The Hall–Kier alpha value is -1.23. The minimum Gasteiger partial charge on any atom is -0.391 e. The smallest absolute Gasteiger partial charge is 0.187 e. The molecule has 0 unspecified atom stereocenters. The molecule has 1 atom stereocenters. The van der Waals surface area contributed by atoms with Crippen molar-refractivity contribution in [2.75, 3.05) is 18.0 Å². The Morgan fingerprint density at radius 1 is 1.56 bits per heavy atom. The Kier molecular flexibility index (Phi) is 3.33. The minimum atomic E-state index is -0.381. The Labute approximate surface area is 94.1 Å². The first-order valence-electron chi connectivity index (χ1n) is 5.64. The Morgan fingerprint density at radius 3 is 3.06 bits per heavy atom. The number of β-amino-alcohol motifs (C(OH)–C–C–N with tert-alkyl or cyclic N) is 1. The molecule has 2 heterocycles. The fraction of sp³-hybridized carbons (Fsp3) is 0.636. The van der Waals surface area contributed by atoms with E-state index in [1.807, 2.05) is 6.92 Å². The Balaban J connectivity index is 2.25. The van der Waals surface area contributed by atoms with Gasteiger partial charge in [-0.25, -0.2) is 14.4 Å². The second kappa shape index (κ2) is 4.74. The molecule has 1 fully saturated rings. The number of piperidine rings is 1. The molecule has 1 saturated heterocycles. The van der Waals surface area contributed by atoms with Gasteiger partial charge in [-0.05, 0) is 19.3 Å². The highest BCUT2D eigenvalue weighted by Gasteiger charge is 2.22. The minimum absolute atomic E-state index is 0.325. The van der Waals surface area contributed by atoms with Gasteiger partial charge < -0.3 is 10.0 Å². The zero-order valence-corrected chi connectivity index (χ0v) is 9.36. The van der Waals surface area contributed by atoms with Crippen molar-refractivity contribution in [3.63, 3.8) is 0 Å². The fourth-order valence-electron chi connectivity index (χ4n) is 2.01. The zero-order valence-electron chi connectivity index (χ0n) is 9.36. The molecular weight excluding hydrogens is 209 g/mol. The summed E-state index contributed by atoms with van der Waals surface area (Å²) in [4.78, 5) is 9.67. The van der Waals surface area contributed by atoms with Crippen LogP contribution in [0.1, 0.15) is 25.5 Å². The molecule has 0 spiro atoms. The summed E-state index contributed by atoms with van der Waals surface area (Å²) in [5.74, 6) is -0.0234. The molecule has 1 aromatic rings. The average molecular weight is 225 g/mol. The van der Waals surface area contributed by atoms with Crippen molar-refractivity contribution in [3.8, 4) is 0 Å². The zero-order chi connectivity index (χ0) is 11.5. The highest BCUT2D eigenvalue weighted by Crippen LogP contribution is 2.22. The molecule has 16 heavy (non-hydrogen) atoms. The van der Waals surface area contributed by atoms with Crippen LogP contribution in [0.2, 0.25) is 0 Å². The summed E-state index contributed by atoms with van der Waals surface area (Å²) >= 11 is 0. The summed E-state index contributed by atoms with van der Waals surface area (Å²) < 4.78 is 13.9. The maximum atomic E-state index is 13.9. The summed E-state index contributed by atoms with van der Waals surface area (Å²) in [6.07, 6.45) is 3.21. The first kappa shape index (κ1) is 11.3. The van der Waals surface area contributed by atoms with E-state index in [1.54, 1.807) is 4.90 Å². The average Bonchev–Trinajstić information content (AvgIpc) is 2.29. The monoisotopic (exact) mass is 225 g/mol. The van der Waals surface area contributed by atoms with E-state index in [9.17, 15) is 9.50 Å². The van der Waals surface area contributed by atoms with Gasteiger partial charge in [0.1, 0.15) is 6.33 Å². The maximum absolute atomic E-state index is 13.9. The lowest BCUT2D eigenvalue weighted by Gasteiger charge is -2.31. The van der Waals surface area contributed by atoms with Crippen LogP contribution in [0.15, 0.2) is 6.33 Å². The molecule has 1 aliphatic heterocycles. The standard InChI is InChI=1S/C11H16FN3O/c1-2-9-10(12)11(14-7-13-9)15-5-3-4-8(16)6-15/h7-8,16H,2-6H2,1H3/t8-/m0/s1. The second-order valence-electron chi connectivity index (χ2n) is 4.05. The molecule has 0 amide bonds. The first-order valence-corrected chi connectivity index (χ1v) is 5.64. The highest BCUT2D eigenvalue weighted by molar-refractivity contribution is 5.41. The lowest BCUT2D eigenvalue weighted by atomic mass is 10.1. The summed E-state index contributed by atoms with van der Waals surface area (Å²) in [5, 5.41) is 9.55. The van der Waals surface area contributed by atoms with Crippen molar-refractivity contribution in [1.82, 2.24) is 9.97 Å². The predicted molar refractivity (Wildman–Crippen MR) is 58.8 cm³/mol. The normalized spacial score (nSPS) is 21.2. The van der Waals surface area contributed by atoms with Crippen LogP contribution in [0.25, 0.3) is 0 Å². The molecule has 0 aliphatic carbocycles. The van der Waals surface area contributed by atoms with Crippen LogP contribution >= 0.6 is 0 Å². The van der Waals surface area contributed by atoms with Crippen LogP contribution in [0.5, 0.6) is 0 Å². The van der Waals surface area contributed by atoms with Crippen molar-refractivity contribution < 1.29 is 9.50 Å². The molecule has 4 nitrogen and oxygen atoms in total. The van der Waals surface area contributed by atoms with Crippen molar-refractivity contribution in [2.45, 2.75) is 32.3 Å². The molecule has 5 heteroatoms. The van der Waals surface area contributed by atoms with Gasteiger partial charge in [-0.15, -0.1) is 0 Å². The van der Waals surface area contributed by atoms with E-state index in [-0.39, 0.29) is 11.9 Å². The van der Waals surface area contributed by atoms with Crippen LogP contribution < -0.4 is 4.90 Å². The van der Waals surface area contributed by atoms with Crippen molar-refractivity contribution in [1.29, 1.82) is 0 Å². The third kappa shape index (κ3) is 2.14. The number of hydrogen-bond acceptors (Lipinski definition) is 4. The van der Waals surface area contributed by atoms with Gasteiger partial charge in [-0.3, -0.25) is 0 Å². The lowest BCUT2D eigenvalue weighted by Crippen LogP contribution is -2.39. The van der Waals surface area contributed by atoms with Gasteiger partial charge in [-0.2, -0.15) is 0 Å². The first-order chi connectivity index (χ1) is 7.72. The van der Waals surface area contributed by atoms with Crippen molar-refractivity contribution in [2.24, 2.45) is 0 Å². The highest BCUT2D eigenvalue weighted by atomic mass is 19.1. The van der Waals surface area contributed by atoms with Crippen LogP contribution in [-0.4, -0.2) is 34.3 Å². The number of aliphatic hydroxyl groups excluding tert-OH is 1. The third-order valence-electron chi connectivity index (χ3n) is 2.87. The number of hydrogen-bond donors (Lipinski definition) is 1. The predicted octanol–water partition coefficient (Wildman–Crippen LogP) is 1.14. The summed E-state index contributed by atoms with van der Waals surface area (Å²) in [5.41, 5.74) is 0.435. The SMILES string of the molecule is CCc1ncnc(N2CCC[C@H](O)C2)c1F. The van der Waals surface area contributed by atoms with E-state index < -0.39 is 0 Å². The molecule has 0 radical (unpaired) electrons. The van der Waals surface area contributed by atoms with Gasteiger partial charge in [-0.1, -0.05) is 6.92 Å². The summed E-state index contributed by atoms with van der Waals surface area (Å²) in [6.45, 7) is 3.06. The Bertz CT molecular complexity index is 372. The molecule has 0 bridgehead atoms. The topological polar surface area (TPSA) is 49.2 Å². The van der Waals surface area contributed by atoms with E-state index in [0.717, 1.165) is 19.4 Å². The van der Waals surface area contributed by atoms with Crippen LogP contribution in [0.3, 0.4) is 0 Å². The van der Waals surface area contributed by atoms with Gasteiger partial charge in [0.25, 0.3) is 0 Å². The molecule has 2 rings (SSSR count). The molecule has 0 aromatic carbocycles. The van der Waals surface area contributed by atoms with Crippen molar-refractivity contribution >= 4 is 5.82 Å². The summed E-state index contributed by atoms with van der Waals surface area (Å²) in [7, 11) is 0. The van der Waals surface area contributed by atoms with E-state index in [1.165, 1.54) is 6.33 Å². The molecule has 1 aliphatic rings. The molecular formula is C11H16FN3O. The Morgan fingerprint density at radius 2 is 2.38 bits per heavy atom. The fourth-order valence-corrected chi connectivity index (χ4v) is 2.01. The van der Waals surface area contributed by atoms with Gasteiger partial charge in [0.05, 0.1) is 11.8 Å². The van der Waals surface area contributed by atoms with E-state index in [0.29, 0.717) is 24.5 Å². The van der Waals surface area contributed by atoms with E-state index >= 15 is 0 Å². The van der Waals surface area contributed by atoms with Gasteiger partial charge in [0.15, 0.2) is 11.6 Å². The number of anilines is 1. The molecule has 1 aromatic heterocycles. The number of aryl methyl sites for hydroxylation is 1. The molecule has 88 valence electrons. The number of aliphatic hydroxyl groups is 1. The van der Waals surface area contributed by atoms with Gasteiger partial charge in [0, 0.05) is 13.1 Å². The van der Waals surface area contributed by atoms with Gasteiger partial charge >= 0.3 is 0 Å². The second-order valence-corrected chi connectivity index (χ2v) is 4.05. The largest absolute Gasteiger partial charge is 0.391 e. The van der Waals surface area contributed by atoms with Crippen molar-refractivity contribution in [3.05, 3.63) is 17.8 Å². The quantitative estimate of drug-likeness (QED) is 0.820. The van der Waals surface area contributed by atoms with E-state index in [2.05, 4.69) is 9.97 Å². The molecule has 0 saturated carbocycles. The lowest BCUT2D eigenvalue weighted by molar-refractivity contribution is 0.153. The summed E-state index contributed by atoms with van der Waals surface area (Å²) in [6, 6.07) is 0. The van der Waals surface area contributed by atoms with Crippen LogP contribution in [0, 0.1) is 5.82 Å². The van der Waals surface area contributed by atoms with Gasteiger partial charge in [0.2, 0.25) is 0 Å². The van der Waals surface area contributed by atoms with Crippen LogP contribution in [-0.2, 0) is 6.42 Å². The van der Waals surface area contributed by atoms with Crippen LogP contribution in [0.4, 0.5) is 10.2 Å². The number of halogens is 1. The molecule has 1 N–H and O–H groups in total. The van der Waals surface area contributed by atoms with E-state index in [4.69, 9.17) is 0 Å². The number of rotatable bonds is 2.